The summed E-state index contributed by atoms with van der Waals surface area (Å²) in [6, 6.07) is 7.62. The minimum atomic E-state index is -0.408. The number of nitrogens with one attached hydrogen (secondary N) is 2. The van der Waals surface area contributed by atoms with E-state index < -0.39 is 5.82 Å². The van der Waals surface area contributed by atoms with Gasteiger partial charge in [0.15, 0.2) is 0 Å². The van der Waals surface area contributed by atoms with Gasteiger partial charge in [-0.15, -0.1) is 0 Å². The normalized spacial score (nSPS) is 10.8. The van der Waals surface area contributed by atoms with Gasteiger partial charge < -0.3 is 16.0 Å². The van der Waals surface area contributed by atoms with E-state index in [1.165, 1.54) is 18.3 Å². The summed E-state index contributed by atoms with van der Waals surface area (Å²) in [5, 5.41) is 3.40. The third kappa shape index (κ3) is 2.61. The zero-order valence-electron chi connectivity index (χ0n) is 11.1. The molecule has 3 aromatic rings. The lowest BCUT2D eigenvalue weighted by atomic mass is 10.2. The number of aromatic amines is 1. The Morgan fingerprint density at radius 2 is 2.19 bits per heavy atom. The van der Waals surface area contributed by atoms with Crippen LogP contribution in [0.3, 0.4) is 0 Å². The Balaban J connectivity index is 1.94. The van der Waals surface area contributed by atoms with Crippen LogP contribution >= 0.6 is 0 Å². The van der Waals surface area contributed by atoms with Crippen LogP contribution < -0.4 is 11.1 Å². The number of hydrogen-bond acceptors (Lipinski definition) is 3. The summed E-state index contributed by atoms with van der Waals surface area (Å²) in [4.78, 5) is 19.3. The number of nitrogens with two attached hydrogens (primary N) is 1. The zero-order chi connectivity index (χ0) is 14.8. The Morgan fingerprint density at radius 1 is 1.33 bits per heavy atom. The molecule has 6 heteroatoms. The van der Waals surface area contributed by atoms with Crippen molar-refractivity contribution >= 4 is 22.5 Å². The summed E-state index contributed by atoms with van der Waals surface area (Å²) in [7, 11) is 0. The molecule has 0 saturated heterocycles. The van der Waals surface area contributed by atoms with Crippen LogP contribution in [0.2, 0.25) is 0 Å². The second kappa shape index (κ2) is 5.34. The molecule has 1 amide bonds. The summed E-state index contributed by atoms with van der Waals surface area (Å²) in [6.45, 7) is 0.252. The molecule has 0 spiro atoms. The van der Waals surface area contributed by atoms with Crippen molar-refractivity contribution in [3.8, 4) is 0 Å². The topological polar surface area (TPSA) is 83.8 Å². The van der Waals surface area contributed by atoms with Gasteiger partial charge in [0.2, 0.25) is 0 Å². The molecule has 0 aliphatic heterocycles. The highest BCUT2D eigenvalue weighted by atomic mass is 19.1. The summed E-state index contributed by atoms with van der Waals surface area (Å²) >= 11 is 0. The highest BCUT2D eigenvalue weighted by Gasteiger charge is 2.11. The molecule has 0 saturated carbocycles. The predicted octanol–water partition coefficient (Wildman–Crippen LogP) is 2.41. The van der Waals surface area contributed by atoms with Crippen LogP contribution in [0.4, 0.5) is 10.1 Å². The molecule has 0 bridgehead atoms. The second-order valence-electron chi connectivity index (χ2n) is 4.59. The number of carbonyl (C=O) groups excluding carboxylic acids is 1. The third-order valence-electron chi connectivity index (χ3n) is 3.16. The first kappa shape index (κ1) is 13.3. The largest absolute Gasteiger partial charge is 0.359 e. The van der Waals surface area contributed by atoms with E-state index in [9.17, 15) is 9.18 Å². The number of fused-ring (bicyclic) bond motifs is 1. The van der Waals surface area contributed by atoms with E-state index in [-0.39, 0.29) is 12.5 Å². The number of aromatic nitrogens is 2. The number of halogens is 1. The Bertz CT molecular complexity index is 812. The molecule has 21 heavy (non-hydrogen) atoms. The Kier molecular flexibility index (Phi) is 3.37. The van der Waals surface area contributed by atoms with E-state index in [0.717, 1.165) is 0 Å². The Labute approximate surface area is 120 Å². The number of benzene rings is 1. The quantitative estimate of drug-likeness (QED) is 0.690. The molecule has 0 radical (unpaired) electrons. The number of hydrogen-bond donors (Lipinski definition) is 3. The van der Waals surface area contributed by atoms with Gasteiger partial charge in [0.05, 0.1) is 16.9 Å². The SMILES string of the molecule is NCc1cc(C(=O)Nc2cc(F)cc3cc[nH]c23)ccn1. The van der Waals surface area contributed by atoms with Crippen LogP contribution in [-0.2, 0) is 6.54 Å². The number of carbonyl (C=O) groups is 1. The van der Waals surface area contributed by atoms with Gasteiger partial charge in [0.1, 0.15) is 5.82 Å². The summed E-state index contributed by atoms with van der Waals surface area (Å²) < 4.78 is 13.6. The zero-order valence-corrected chi connectivity index (χ0v) is 11.1. The van der Waals surface area contributed by atoms with Crippen LogP contribution in [0.1, 0.15) is 16.1 Å². The lowest BCUT2D eigenvalue weighted by Crippen LogP contribution is -2.13. The fourth-order valence-corrected chi connectivity index (χ4v) is 2.16. The molecule has 0 aliphatic carbocycles. The van der Waals surface area contributed by atoms with Gasteiger partial charge in [-0.25, -0.2) is 4.39 Å². The van der Waals surface area contributed by atoms with Crippen LogP contribution in [0.5, 0.6) is 0 Å². The average molecular weight is 284 g/mol. The molecule has 4 N–H and O–H groups in total. The van der Waals surface area contributed by atoms with Gasteiger partial charge in [-0.2, -0.15) is 0 Å². The van der Waals surface area contributed by atoms with E-state index in [1.54, 1.807) is 24.4 Å². The number of H-pyrrole nitrogens is 1. The molecule has 2 heterocycles. The number of pyridine rings is 1. The van der Waals surface area contributed by atoms with Gasteiger partial charge in [-0.3, -0.25) is 9.78 Å². The van der Waals surface area contributed by atoms with Crippen molar-refractivity contribution in [2.24, 2.45) is 5.73 Å². The molecule has 2 aromatic heterocycles. The van der Waals surface area contributed by atoms with E-state index in [0.29, 0.717) is 27.8 Å². The van der Waals surface area contributed by atoms with Crippen molar-refractivity contribution in [1.82, 2.24) is 9.97 Å². The lowest BCUT2D eigenvalue weighted by molar-refractivity contribution is 0.102. The van der Waals surface area contributed by atoms with Crippen molar-refractivity contribution < 1.29 is 9.18 Å². The van der Waals surface area contributed by atoms with Crippen LogP contribution in [-0.4, -0.2) is 15.9 Å². The Hall–Kier alpha value is -2.73. The number of rotatable bonds is 3. The predicted molar refractivity (Wildman–Crippen MR) is 78.3 cm³/mol. The van der Waals surface area contributed by atoms with Gasteiger partial charge >= 0.3 is 0 Å². The van der Waals surface area contributed by atoms with Gasteiger partial charge in [-0.1, -0.05) is 0 Å². The molecule has 0 atom stereocenters. The van der Waals surface area contributed by atoms with Crippen molar-refractivity contribution in [1.29, 1.82) is 0 Å². The molecule has 3 rings (SSSR count). The second-order valence-corrected chi connectivity index (χ2v) is 4.59. The fraction of sp³-hybridized carbons (Fsp3) is 0.0667. The Morgan fingerprint density at radius 3 is 3.00 bits per heavy atom. The van der Waals surface area contributed by atoms with E-state index in [2.05, 4.69) is 15.3 Å². The highest BCUT2D eigenvalue weighted by molar-refractivity contribution is 6.08. The molecule has 106 valence electrons. The van der Waals surface area contributed by atoms with E-state index in [1.807, 2.05) is 0 Å². The summed E-state index contributed by atoms with van der Waals surface area (Å²) in [5.41, 5.74) is 7.62. The maximum absolute atomic E-state index is 13.6. The molecule has 0 aliphatic rings. The van der Waals surface area contributed by atoms with E-state index >= 15 is 0 Å². The van der Waals surface area contributed by atoms with Crippen LogP contribution in [0.15, 0.2) is 42.7 Å². The molecule has 1 aromatic carbocycles. The van der Waals surface area contributed by atoms with Crippen molar-refractivity contribution in [3.63, 3.8) is 0 Å². The first-order chi connectivity index (χ1) is 10.2. The standard InChI is InChI=1S/C15H13FN4O/c16-11-5-9-1-4-19-14(9)13(7-11)20-15(21)10-2-3-18-12(6-10)8-17/h1-7,19H,8,17H2,(H,20,21). The molecule has 0 fully saturated rings. The maximum Gasteiger partial charge on any atom is 0.255 e. The van der Waals surface area contributed by atoms with Crippen molar-refractivity contribution in [2.75, 3.05) is 5.32 Å². The fourth-order valence-electron chi connectivity index (χ4n) is 2.16. The van der Waals surface area contributed by atoms with Crippen molar-refractivity contribution in [2.45, 2.75) is 6.54 Å². The molecular formula is C15H13FN4O. The first-order valence-electron chi connectivity index (χ1n) is 6.40. The monoisotopic (exact) mass is 284 g/mol. The number of nitrogens with zero attached hydrogens (tertiary/aromatic N) is 1. The molecular weight excluding hydrogens is 271 g/mol. The van der Waals surface area contributed by atoms with Crippen LogP contribution in [0, 0.1) is 5.82 Å². The molecule has 0 unspecified atom stereocenters. The number of amides is 1. The minimum Gasteiger partial charge on any atom is -0.359 e. The van der Waals surface area contributed by atoms with Gasteiger partial charge in [-0.05, 0) is 30.3 Å². The van der Waals surface area contributed by atoms with Crippen LogP contribution in [0.25, 0.3) is 10.9 Å². The third-order valence-corrected chi connectivity index (χ3v) is 3.16. The highest BCUT2D eigenvalue weighted by Crippen LogP contribution is 2.24. The average Bonchev–Trinajstić information content (AvgIpc) is 2.95. The van der Waals surface area contributed by atoms with E-state index in [4.69, 9.17) is 5.73 Å². The van der Waals surface area contributed by atoms with Crippen molar-refractivity contribution in [3.05, 3.63) is 59.8 Å². The number of anilines is 1. The maximum atomic E-state index is 13.6. The first-order valence-corrected chi connectivity index (χ1v) is 6.40. The summed E-state index contributed by atoms with van der Waals surface area (Å²) in [5.74, 6) is -0.747. The lowest BCUT2D eigenvalue weighted by Gasteiger charge is -2.08. The summed E-state index contributed by atoms with van der Waals surface area (Å²) in [6.07, 6.45) is 3.21. The smallest absolute Gasteiger partial charge is 0.255 e. The van der Waals surface area contributed by atoms with Gasteiger partial charge in [0.25, 0.3) is 5.91 Å². The van der Waals surface area contributed by atoms with Gasteiger partial charge in [0, 0.05) is 29.9 Å². The molecule has 5 nitrogen and oxygen atoms in total. The minimum absolute atomic E-state index is 0.252.